The number of nitrogens with zero attached hydrogens (tertiary/aromatic N) is 2. The Bertz CT molecular complexity index is 1160. The van der Waals surface area contributed by atoms with Gasteiger partial charge in [0.05, 0.1) is 23.4 Å². The number of rotatable bonds is 4. The van der Waals surface area contributed by atoms with E-state index in [4.69, 9.17) is 4.74 Å². The van der Waals surface area contributed by atoms with Gasteiger partial charge in [-0.3, -0.25) is 24.1 Å². The van der Waals surface area contributed by atoms with Crippen LogP contribution in [0.15, 0.2) is 48.5 Å². The van der Waals surface area contributed by atoms with Crippen LogP contribution in [0.3, 0.4) is 0 Å². The summed E-state index contributed by atoms with van der Waals surface area (Å²) in [7, 11) is 0. The Hall–Kier alpha value is -3.48. The van der Waals surface area contributed by atoms with Gasteiger partial charge in [0.1, 0.15) is 5.75 Å². The van der Waals surface area contributed by atoms with Crippen molar-refractivity contribution in [3.8, 4) is 5.75 Å². The maximum absolute atomic E-state index is 12.9. The Morgan fingerprint density at radius 2 is 1.65 bits per heavy atom. The molecule has 7 heteroatoms. The third kappa shape index (κ3) is 3.89. The highest BCUT2D eigenvalue weighted by atomic mass is 16.5. The van der Waals surface area contributed by atoms with Crippen LogP contribution in [-0.4, -0.2) is 30.2 Å². The number of carbonyl (C=O) groups is 4. The van der Waals surface area contributed by atoms with Gasteiger partial charge in [0.15, 0.2) is 0 Å². The SMILES string of the molecule is Cc1ccccc1N1C[C@H](C(=O)Oc2ccc(N3C(=O)[C@@H]4CC[C@H](C)C[C@H]4C3=O)cc2)CC1=O. The first-order valence-corrected chi connectivity index (χ1v) is 11.9. The molecule has 0 radical (unpaired) electrons. The molecule has 4 atom stereocenters. The number of fused-ring (bicyclic) bond motifs is 1. The van der Waals surface area contributed by atoms with Gasteiger partial charge >= 0.3 is 5.97 Å². The van der Waals surface area contributed by atoms with E-state index < -0.39 is 11.9 Å². The standard InChI is InChI=1S/C27H28N2O5/c1-16-7-12-21-22(13-16)26(32)29(25(21)31)19-8-10-20(11-9-19)34-27(33)18-14-24(30)28(15-18)23-6-4-3-5-17(23)2/h3-6,8-11,16,18,21-22H,7,12-15H2,1-2H3/t16-,18+,21+,22+/m0/s1. The van der Waals surface area contributed by atoms with Gasteiger partial charge in [0.2, 0.25) is 17.7 Å². The summed E-state index contributed by atoms with van der Waals surface area (Å²) in [6.45, 7) is 4.33. The van der Waals surface area contributed by atoms with E-state index in [1.807, 2.05) is 31.2 Å². The van der Waals surface area contributed by atoms with Crippen LogP contribution < -0.4 is 14.5 Å². The predicted molar refractivity (Wildman–Crippen MR) is 126 cm³/mol. The van der Waals surface area contributed by atoms with E-state index >= 15 is 0 Å². The number of amides is 3. The molecule has 5 rings (SSSR count). The normalized spacial score (nSPS) is 26.7. The number of hydrogen-bond donors (Lipinski definition) is 0. The van der Waals surface area contributed by atoms with Crippen LogP contribution in [-0.2, 0) is 19.2 Å². The molecule has 2 aromatic carbocycles. The molecular weight excluding hydrogens is 432 g/mol. The fraction of sp³-hybridized carbons (Fsp3) is 0.407. The highest BCUT2D eigenvalue weighted by molar-refractivity contribution is 6.22. The van der Waals surface area contributed by atoms with Gasteiger partial charge < -0.3 is 9.64 Å². The van der Waals surface area contributed by atoms with Gasteiger partial charge in [-0.15, -0.1) is 0 Å². The average Bonchev–Trinajstić information content (AvgIpc) is 3.32. The lowest BCUT2D eigenvalue weighted by Gasteiger charge is -2.25. The summed E-state index contributed by atoms with van der Waals surface area (Å²) in [6, 6.07) is 14.0. The van der Waals surface area contributed by atoms with E-state index in [1.54, 1.807) is 29.2 Å². The molecule has 34 heavy (non-hydrogen) atoms. The number of ether oxygens (including phenoxy) is 1. The Balaban J connectivity index is 1.25. The molecule has 2 aliphatic heterocycles. The van der Waals surface area contributed by atoms with Crippen molar-refractivity contribution in [2.24, 2.45) is 23.7 Å². The summed E-state index contributed by atoms with van der Waals surface area (Å²) >= 11 is 0. The molecule has 0 spiro atoms. The van der Waals surface area contributed by atoms with Gasteiger partial charge in [-0.2, -0.15) is 0 Å². The molecule has 2 saturated heterocycles. The van der Waals surface area contributed by atoms with Crippen LogP contribution in [0, 0.1) is 30.6 Å². The van der Waals surface area contributed by atoms with Crippen molar-refractivity contribution < 1.29 is 23.9 Å². The van der Waals surface area contributed by atoms with Gasteiger partial charge in [0, 0.05) is 18.7 Å². The molecule has 176 valence electrons. The topological polar surface area (TPSA) is 84.0 Å². The zero-order valence-electron chi connectivity index (χ0n) is 19.4. The quantitative estimate of drug-likeness (QED) is 0.393. The van der Waals surface area contributed by atoms with Crippen LogP contribution >= 0.6 is 0 Å². The molecular formula is C27H28N2O5. The number of hydrogen-bond acceptors (Lipinski definition) is 5. The largest absolute Gasteiger partial charge is 0.426 e. The minimum atomic E-state index is -0.557. The molecule has 0 N–H and O–H groups in total. The summed E-state index contributed by atoms with van der Waals surface area (Å²) in [4.78, 5) is 54.0. The lowest BCUT2D eigenvalue weighted by atomic mass is 9.76. The molecule has 1 aliphatic carbocycles. The highest BCUT2D eigenvalue weighted by Gasteiger charge is 2.50. The molecule has 3 aliphatic rings. The van der Waals surface area contributed by atoms with Gasteiger partial charge in [-0.05, 0) is 68.0 Å². The average molecular weight is 461 g/mol. The molecule has 0 bridgehead atoms. The second-order valence-corrected chi connectivity index (χ2v) is 9.75. The summed E-state index contributed by atoms with van der Waals surface area (Å²) in [5.74, 6) is -1.08. The molecule has 3 fully saturated rings. The lowest BCUT2D eigenvalue weighted by molar-refractivity contribution is -0.139. The van der Waals surface area contributed by atoms with Crippen LogP contribution in [0.4, 0.5) is 11.4 Å². The Labute approximate surface area is 198 Å². The Morgan fingerprint density at radius 1 is 0.941 bits per heavy atom. The predicted octanol–water partition coefficient (Wildman–Crippen LogP) is 3.88. The minimum Gasteiger partial charge on any atom is -0.426 e. The molecule has 2 aromatic rings. The van der Waals surface area contributed by atoms with Crippen LogP contribution in [0.5, 0.6) is 5.75 Å². The van der Waals surface area contributed by atoms with Crippen molar-refractivity contribution in [2.45, 2.75) is 39.5 Å². The van der Waals surface area contributed by atoms with Crippen molar-refractivity contribution in [3.05, 3.63) is 54.1 Å². The monoisotopic (exact) mass is 460 g/mol. The zero-order chi connectivity index (χ0) is 24.0. The van der Waals surface area contributed by atoms with E-state index in [0.29, 0.717) is 17.4 Å². The van der Waals surface area contributed by atoms with Crippen LogP contribution in [0.25, 0.3) is 0 Å². The number of imide groups is 1. The van der Waals surface area contributed by atoms with E-state index in [9.17, 15) is 19.2 Å². The Kier molecular flexibility index (Phi) is 5.71. The molecule has 2 heterocycles. The van der Waals surface area contributed by atoms with Crippen molar-refractivity contribution in [1.29, 1.82) is 0 Å². The Morgan fingerprint density at radius 3 is 2.38 bits per heavy atom. The fourth-order valence-corrected chi connectivity index (χ4v) is 5.47. The number of anilines is 2. The maximum atomic E-state index is 12.9. The second-order valence-electron chi connectivity index (χ2n) is 9.75. The number of para-hydroxylation sites is 1. The van der Waals surface area contributed by atoms with Crippen molar-refractivity contribution in [3.63, 3.8) is 0 Å². The fourth-order valence-electron chi connectivity index (χ4n) is 5.47. The van der Waals surface area contributed by atoms with Gasteiger partial charge in [-0.25, -0.2) is 0 Å². The third-order valence-electron chi connectivity index (χ3n) is 7.37. The van der Waals surface area contributed by atoms with Crippen LogP contribution in [0.2, 0.25) is 0 Å². The van der Waals surface area contributed by atoms with Crippen molar-refractivity contribution >= 4 is 35.1 Å². The summed E-state index contributed by atoms with van der Waals surface area (Å²) in [5, 5.41) is 0. The highest BCUT2D eigenvalue weighted by Crippen LogP contribution is 2.42. The number of esters is 1. The van der Waals surface area contributed by atoms with Crippen molar-refractivity contribution in [2.75, 3.05) is 16.3 Å². The number of aryl methyl sites for hydroxylation is 1. The van der Waals surface area contributed by atoms with E-state index in [2.05, 4.69) is 6.92 Å². The van der Waals surface area contributed by atoms with Gasteiger partial charge in [-0.1, -0.05) is 25.1 Å². The van der Waals surface area contributed by atoms with Crippen LogP contribution in [0.1, 0.15) is 38.2 Å². The molecule has 0 unspecified atom stereocenters. The van der Waals surface area contributed by atoms with Gasteiger partial charge in [0.25, 0.3) is 0 Å². The molecule has 0 aromatic heterocycles. The third-order valence-corrected chi connectivity index (χ3v) is 7.37. The minimum absolute atomic E-state index is 0.100. The van der Waals surface area contributed by atoms with E-state index in [0.717, 1.165) is 30.5 Å². The zero-order valence-corrected chi connectivity index (χ0v) is 19.4. The first-order valence-electron chi connectivity index (χ1n) is 11.9. The lowest BCUT2D eigenvalue weighted by Crippen LogP contribution is -2.30. The first kappa shape index (κ1) is 22.3. The number of carbonyl (C=O) groups excluding carboxylic acids is 4. The molecule has 1 saturated carbocycles. The summed E-state index contributed by atoms with van der Waals surface area (Å²) in [6.07, 6.45) is 2.57. The molecule has 7 nitrogen and oxygen atoms in total. The van der Waals surface area contributed by atoms with Crippen molar-refractivity contribution in [1.82, 2.24) is 0 Å². The second kappa shape index (κ2) is 8.70. The summed E-state index contributed by atoms with van der Waals surface area (Å²) in [5.41, 5.74) is 2.28. The van der Waals surface area contributed by atoms with E-state index in [-0.39, 0.29) is 42.5 Å². The first-order chi connectivity index (χ1) is 16.3. The maximum Gasteiger partial charge on any atom is 0.316 e. The number of benzene rings is 2. The summed E-state index contributed by atoms with van der Waals surface area (Å²) < 4.78 is 5.53. The molecule has 3 amide bonds. The smallest absolute Gasteiger partial charge is 0.316 e. The van der Waals surface area contributed by atoms with E-state index in [1.165, 1.54) is 4.90 Å².